The Morgan fingerprint density at radius 3 is 3.15 bits per heavy atom. The molecule has 0 aromatic carbocycles. The molecule has 68 valence electrons. The molecule has 0 amide bonds. The molecule has 0 saturated heterocycles. The number of hydrogen-bond donors (Lipinski definition) is 1. The third-order valence-electron chi connectivity index (χ3n) is 2.00. The number of hydrogen-bond acceptors (Lipinski definition) is 3. The van der Waals surface area contributed by atoms with Crippen molar-refractivity contribution in [1.82, 2.24) is 14.8 Å². The number of rotatable bonds is 2. The van der Waals surface area contributed by atoms with Crippen LogP contribution in [0.1, 0.15) is 13.3 Å². The van der Waals surface area contributed by atoms with Gasteiger partial charge in [0.15, 0.2) is 0 Å². The molecule has 0 radical (unpaired) electrons. The number of nitrogen functional groups attached to an aromatic ring is 1. The maximum atomic E-state index is 5.83. The number of aromatic nitrogens is 3. The predicted molar refractivity (Wildman–Crippen MR) is 52.2 cm³/mol. The van der Waals surface area contributed by atoms with E-state index in [2.05, 4.69) is 17.0 Å². The lowest BCUT2D eigenvalue weighted by molar-refractivity contribution is 0.623. The Hall–Kier alpha value is -1.58. The summed E-state index contributed by atoms with van der Waals surface area (Å²) >= 11 is 0. The minimum absolute atomic E-state index is 0.746. The van der Waals surface area contributed by atoms with Crippen molar-refractivity contribution >= 4 is 16.7 Å². The number of anilines is 1. The Labute approximate surface area is 76.4 Å². The van der Waals surface area contributed by atoms with E-state index in [1.54, 1.807) is 18.5 Å². The van der Waals surface area contributed by atoms with Gasteiger partial charge in [-0.2, -0.15) is 5.10 Å². The van der Waals surface area contributed by atoms with Gasteiger partial charge >= 0.3 is 0 Å². The number of aryl methyl sites for hydroxylation is 1. The van der Waals surface area contributed by atoms with Crippen LogP contribution in [0.3, 0.4) is 0 Å². The van der Waals surface area contributed by atoms with Crippen LogP contribution in [0, 0.1) is 0 Å². The van der Waals surface area contributed by atoms with Gasteiger partial charge in [-0.25, -0.2) is 0 Å². The Morgan fingerprint density at radius 1 is 1.54 bits per heavy atom. The zero-order valence-electron chi connectivity index (χ0n) is 7.57. The Balaban J connectivity index is 2.64. The Bertz CT molecular complexity index is 418. The van der Waals surface area contributed by atoms with E-state index in [1.165, 1.54) is 0 Å². The van der Waals surface area contributed by atoms with Crippen LogP contribution in [0.25, 0.3) is 11.0 Å². The maximum Gasteiger partial charge on any atom is 0.110 e. The standard InChI is InChI=1S/C9H12N4/c1-2-5-13-9-7(10)3-4-11-8(9)6-12-13/h3-4,6H,2,5H2,1H3,(H2,10,11). The van der Waals surface area contributed by atoms with E-state index in [1.807, 2.05) is 4.68 Å². The van der Waals surface area contributed by atoms with Crippen LogP contribution >= 0.6 is 0 Å². The summed E-state index contributed by atoms with van der Waals surface area (Å²) in [4.78, 5) is 4.18. The van der Waals surface area contributed by atoms with E-state index < -0.39 is 0 Å². The average molecular weight is 176 g/mol. The van der Waals surface area contributed by atoms with Gasteiger partial charge in [0.1, 0.15) is 11.0 Å². The summed E-state index contributed by atoms with van der Waals surface area (Å²) < 4.78 is 1.90. The monoisotopic (exact) mass is 176 g/mol. The largest absolute Gasteiger partial charge is 0.397 e. The van der Waals surface area contributed by atoms with Gasteiger partial charge in [-0.15, -0.1) is 0 Å². The molecule has 4 heteroatoms. The van der Waals surface area contributed by atoms with Crippen molar-refractivity contribution < 1.29 is 0 Å². The zero-order valence-corrected chi connectivity index (χ0v) is 7.57. The van der Waals surface area contributed by atoms with Gasteiger partial charge in [-0.3, -0.25) is 9.67 Å². The van der Waals surface area contributed by atoms with Gasteiger partial charge in [-0.05, 0) is 12.5 Å². The van der Waals surface area contributed by atoms with Crippen LogP contribution in [0.5, 0.6) is 0 Å². The van der Waals surface area contributed by atoms with Crippen LogP contribution in [0.2, 0.25) is 0 Å². The van der Waals surface area contributed by atoms with Crippen molar-refractivity contribution in [2.75, 3.05) is 5.73 Å². The minimum Gasteiger partial charge on any atom is -0.397 e. The first kappa shape index (κ1) is 8.04. The molecule has 0 saturated carbocycles. The average Bonchev–Trinajstić information content (AvgIpc) is 2.51. The Morgan fingerprint density at radius 2 is 2.38 bits per heavy atom. The highest BCUT2D eigenvalue weighted by Crippen LogP contribution is 2.17. The van der Waals surface area contributed by atoms with E-state index in [-0.39, 0.29) is 0 Å². The highest BCUT2D eigenvalue weighted by Gasteiger charge is 2.04. The van der Waals surface area contributed by atoms with Gasteiger partial charge in [0.25, 0.3) is 0 Å². The van der Waals surface area contributed by atoms with Gasteiger partial charge < -0.3 is 5.73 Å². The third-order valence-corrected chi connectivity index (χ3v) is 2.00. The molecule has 0 atom stereocenters. The fourth-order valence-electron chi connectivity index (χ4n) is 1.43. The molecule has 0 aliphatic rings. The van der Waals surface area contributed by atoms with Crippen molar-refractivity contribution in [2.24, 2.45) is 0 Å². The van der Waals surface area contributed by atoms with Crippen molar-refractivity contribution in [3.05, 3.63) is 18.5 Å². The lowest BCUT2D eigenvalue weighted by Gasteiger charge is -2.02. The molecule has 2 aromatic heterocycles. The van der Waals surface area contributed by atoms with Crippen LogP contribution in [-0.2, 0) is 6.54 Å². The highest BCUT2D eigenvalue weighted by molar-refractivity contribution is 5.85. The molecule has 0 unspecified atom stereocenters. The summed E-state index contributed by atoms with van der Waals surface area (Å²) in [6.07, 6.45) is 4.50. The van der Waals surface area contributed by atoms with Crippen LogP contribution in [-0.4, -0.2) is 14.8 Å². The molecule has 0 fully saturated rings. The molecule has 0 aliphatic carbocycles. The van der Waals surface area contributed by atoms with E-state index in [4.69, 9.17) is 5.73 Å². The lowest BCUT2D eigenvalue weighted by Crippen LogP contribution is -2.00. The first-order valence-corrected chi connectivity index (χ1v) is 4.39. The predicted octanol–water partition coefficient (Wildman–Crippen LogP) is 1.42. The summed E-state index contributed by atoms with van der Waals surface area (Å²) in [6, 6.07) is 1.80. The summed E-state index contributed by atoms with van der Waals surface area (Å²) in [6.45, 7) is 3.00. The van der Waals surface area contributed by atoms with Crippen LogP contribution in [0.4, 0.5) is 5.69 Å². The molecule has 0 bridgehead atoms. The molecule has 2 N–H and O–H groups in total. The first-order valence-electron chi connectivity index (χ1n) is 4.39. The SMILES string of the molecule is CCCn1ncc2nccc(N)c21. The molecule has 0 aliphatic heterocycles. The second-order valence-corrected chi connectivity index (χ2v) is 3.00. The summed E-state index contributed by atoms with van der Waals surface area (Å²) in [5.41, 5.74) is 8.39. The number of pyridine rings is 1. The lowest BCUT2D eigenvalue weighted by atomic mass is 10.3. The maximum absolute atomic E-state index is 5.83. The van der Waals surface area contributed by atoms with Crippen molar-refractivity contribution in [3.63, 3.8) is 0 Å². The number of nitrogens with two attached hydrogens (primary N) is 1. The molecule has 2 heterocycles. The first-order chi connectivity index (χ1) is 6.33. The van der Waals surface area contributed by atoms with Crippen LogP contribution < -0.4 is 5.73 Å². The van der Waals surface area contributed by atoms with Crippen molar-refractivity contribution in [2.45, 2.75) is 19.9 Å². The molecular formula is C9H12N4. The van der Waals surface area contributed by atoms with E-state index >= 15 is 0 Å². The molecule has 2 rings (SSSR count). The quantitative estimate of drug-likeness (QED) is 0.752. The molecule has 0 spiro atoms. The molecular weight excluding hydrogens is 164 g/mol. The van der Waals surface area contributed by atoms with Gasteiger partial charge in [0, 0.05) is 12.7 Å². The molecule has 2 aromatic rings. The van der Waals surface area contributed by atoms with E-state index in [9.17, 15) is 0 Å². The second-order valence-electron chi connectivity index (χ2n) is 3.00. The third kappa shape index (κ3) is 1.24. The van der Waals surface area contributed by atoms with Gasteiger partial charge in [0.2, 0.25) is 0 Å². The number of fused-ring (bicyclic) bond motifs is 1. The van der Waals surface area contributed by atoms with Gasteiger partial charge in [-0.1, -0.05) is 6.92 Å². The van der Waals surface area contributed by atoms with Gasteiger partial charge in [0.05, 0.1) is 11.9 Å². The molecule has 13 heavy (non-hydrogen) atoms. The van der Waals surface area contributed by atoms with Crippen LogP contribution in [0.15, 0.2) is 18.5 Å². The second kappa shape index (κ2) is 3.05. The number of nitrogens with zero attached hydrogens (tertiary/aromatic N) is 3. The summed E-state index contributed by atoms with van der Waals surface area (Å²) in [5, 5.41) is 4.22. The van der Waals surface area contributed by atoms with Crippen molar-refractivity contribution in [1.29, 1.82) is 0 Å². The van der Waals surface area contributed by atoms with E-state index in [0.29, 0.717) is 0 Å². The zero-order chi connectivity index (χ0) is 9.26. The highest BCUT2D eigenvalue weighted by atomic mass is 15.3. The topological polar surface area (TPSA) is 56.7 Å². The normalized spacial score (nSPS) is 10.8. The van der Waals surface area contributed by atoms with E-state index in [0.717, 1.165) is 29.7 Å². The molecule has 4 nitrogen and oxygen atoms in total. The fraction of sp³-hybridized carbons (Fsp3) is 0.333. The minimum atomic E-state index is 0.746. The smallest absolute Gasteiger partial charge is 0.110 e. The van der Waals surface area contributed by atoms with Crippen molar-refractivity contribution in [3.8, 4) is 0 Å². The fourth-order valence-corrected chi connectivity index (χ4v) is 1.43. The Kier molecular flexibility index (Phi) is 1.88. The summed E-state index contributed by atoms with van der Waals surface area (Å²) in [5.74, 6) is 0. The summed E-state index contributed by atoms with van der Waals surface area (Å²) in [7, 11) is 0.